The number of nitrogens with two attached hydrogens (primary N) is 1. The lowest BCUT2D eigenvalue weighted by Gasteiger charge is -2.46. The van der Waals surface area contributed by atoms with Crippen molar-refractivity contribution in [3.05, 3.63) is 65.0 Å². The first-order valence-corrected chi connectivity index (χ1v) is 13.0. The Kier molecular flexibility index (Phi) is 4.48. The first-order valence-electron chi connectivity index (χ1n) is 12.1. The molecule has 0 bridgehead atoms. The Labute approximate surface area is 217 Å². The van der Waals surface area contributed by atoms with Gasteiger partial charge in [0.05, 0.1) is 35.3 Å². The molecule has 7 nitrogen and oxygen atoms in total. The maximum absolute atomic E-state index is 9.51. The molecule has 0 radical (unpaired) electrons. The summed E-state index contributed by atoms with van der Waals surface area (Å²) in [6.45, 7) is 4.79. The van der Waals surface area contributed by atoms with E-state index in [0.29, 0.717) is 30.1 Å². The zero-order valence-electron chi connectivity index (χ0n) is 20.4. The number of hydrogen-bond acceptors (Lipinski definition) is 8. The third kappa shape index (κ3) is 2.92. The van der Waals surface area contributed by atoms with Gasteiger partial charge < -0.3 is 19.8 Å². The van der Waals surface area contributed by atoms with E-state index in [9.17, 15) is 5.26 Å². The number of pyridine rings is 1. The minimum Gasteiger partial charge on any atom is -0.459 e. The number of nitriles is 1. The summed E-state index contributed by atoms with van der Waals surface area (Å²) in [5.74, 6) is 1.45. The molecule has 2 aromatic carbocycles. The molecule has 3 aromatic heterocycles. The summed E-state index contributed by atoms with van der Waals surface area (Å²) in [6.07, 6.45) is 3.92. The van der Waals surface area contributed by atoms with Crippen LogP contribution >= 0.6 is 11.3 Å². The van der Waals surface area contributed by atoms with Gasteiger partial charge in [0.15, 0.2) is 5.75 Å². The number of furan rings is 1. The number of benzene rings is 2. The fraction of sp³-hybridized carbons (Fsp3) is 0.207. The maximum Gasteiger partial charge on any atom is 0.228 e. The van der Waals surface area contributed by atoms with Crippen molar-refractivity contribution in [1.82, 2.24) is 4.98 Å². The molecule has 2 N–H and O–H groups in total. The lowest BCUT2D eigenvalue weighted by atomic mass is 9.77. The molecule has 1 spiro atoms. The third-order valence-corrected chi connectivity index (χ3v) is 8.32. The number of aliphatic imine (C=N–C) groups is 1. The summed E-state index contributed by atoms with van der Waals surface area (Å²) in [6, 6.07) is 16.4. The molecule has 5 aromatic rings. The van der Waals surface area contributed by atoms with Crippen molar-refractivity contribution in [2.75, 3.05) is 17.2 Å². The number of nitrogen functional groups attached to an aromatic ring is 1. The second-order valence-corrected chi connectivity index (χ2v) is 10.8. The molecule has 8 heteroatoms. The number of anilines is 2. The summed E-state index contributed by atoms with van der Waals surface area (Å²) < 4.78 is 13.3. The van der Waals surface area contributed by atoms with Crippen LogP contribution in [0.3, 0.4) is 0 Å². The van der Waals surface area contributed by atoms with Crippen LogP contribution < -0.4 is 15.4 Å². The first kappa shape index (κ1) is 21.9. The van der Waals surface area contributed by atoms with Crippen LogP contribution in [0.4, 0.5) is 17.1 Å². The minimum absolute atomic E-state index is 0.330. The van der Waals surface area contributed by atoms with Gasteiger partial charge in [-0.15, -0.1) is 0 Å². The Morgan fingerprint density at radius 2 is 2.08 bits per heavy atom. The summed E-state index contributed by atoms with van der Waals surface area (Å²) in [5.41, 5.74) is 10.7. The molecule has 182 valence electrons. The van der Waals surface area contributed by atoms with E-state index in [1.54, 1.807) is 17.5 Å². The Morgan fingerprint density at radius 3 is 2.89 bits per heavy atom. The van der Waals surface area contributed by atoms with Gasteiger partial charge in [-0.05, 0) is 61.2 Å². The third-order valence-electron chi connectivity index (χ3n) is 7.64. The standard InChI is InChI=1S/C29H23N5O2S/c1-28(2)20-11-18-12-24(17-6-10-37-15-17)35-25(18)14-23(20)34(9-4-7-30)29(28)16-33-26-21(31)13-22-19(27(26)36-29)5-3-8-32-22/h3,5-6,8,10-16H,4,9,31H2,1-2H3. The van der Waals surface area contributed by atoms with Crippen molar-refractivity contribution in [2.45, 2.75) is 31.4 Å². The highest BCUT2D eigenvalue weighted by molar-refractivity contribution is 7.08. The molecule has 2 aliphatic rings. The number of ether oxygens (including phenoxy) is 1. The van der Waals surface area contributed by atoms with Gasteiger partial charge in [-0.25, -0.2) is 4.99 Å². The van der Waals surface area contributed by atoms with Gasteiger partial charge in [0, 0.05) is 46.2 Å². The normalized spacial score (nSPS) is 19.2. The molecular formula is C29H23N5O2S. The van der Waals surface area contributed by atoms with Crippen LogP contribution in [0.5, 0.6) is 5.75 Å². The van der Waals surface area contributed by atoms with E-state index in [-0.39, 0.29) is 0 Å². The van der Waals surface area contributed by atoms with Crippen LogP contribution in [0, 0.1) is 11.3 Å². The second kappa shape index (κ2) is 7.58. The Bertz CT molecular complexity index is 1780. The second-order valence-electron chi connectivity index (χ2n) is 9.98. The van der Waals surface area contributed by atoms with E-state index >= 15 is 0 Å². The molecule has 0 fully saturated rings. The van der Waals surface area contributed by atoms with Crippen LogP contribution in [-0.2, 0) is 5.41 Å². The van der Waals surface area contributed by atoms with Gasteiger partial charge in [-0.2, -0.15) is 16.6 Å². The van der Waals surface area contributed by atoms with E-state index in [1.165, 1.54) is 0 Å². The molecule has 5 heterocycles. The first-order chi connectivity index (χ1) is 17.9. The molecule has 37 heavy (non-hydrogen) atoms. The molecule has 2 aliphatic heterocycles. The highest BCUT2D eigenvalue weighted by Gasteiger charge is 2.60. The summed E-state index contributed by atoms with van der Waals surface area (Å²) >= 11 is 1.64. The van der Waals surface area contributed by atoms with E-state index in [0.717, 1.165) is 44.4 Å². The molecule has 0 aliphatic carbocycles. The van der Waals surface area contributed by atoms with Crippen LogP contribution in [0.2, 0.25) is 0 Å². The van der Waals surface area contributed by atoms with Crippen molar-refractivity contribution in [2.24, 2.45) is 4.99 Å². The van der Waals surface area contributed by atoms with Gasteiger partial charge in [0.1, 0.15) is 17.0 Å². The fourth-order valence-electron chi connectivity index (χ4n) is 5.69. The van der Waals surface area contributed by atoms with E-state index in [4.69, 9.17) is 19.9 Å². The lowest BCUT2D eigenvalue weighted by Crippen LogP contribution is -2.62. The van der Waals surface area contributed by atoms with Crippen molar-refractivity contribution in [1.29, 1.82) is 5.26 Å². The number of fused-ring (bicyclic) bond motifs is 5. The molecule has 7 rings (SSSR count). The monoisotopic (exact) mass is 505 g/mol. The van der Waals surface area contributed by atoms with Crippen LogP contribution in [0.1, 0.15) is 25.8 Å². The van der Waals surface area contributed by atoms with Crippen LogP contribution in [0.25, 0.3) is 33.2 Å². The SMILES string of the molecule is CC1(C)c2cc3cc(-c4ccsc4)oc3cc2N(CCC#N)C12C=Nc1c(N)cc3ncccc3c1O2. The lowest BCUT2D eigenvalue weighted by molar-refractivity contribution is 0.0798. The summed E-state index contributed by atoms with van der Waals surface area (Å²) in [4.78, 5) is 11.5. The summed E-state index contributed by atoms with van der Waals surface area (Å²) in [5, 5.41) is 15.5. The van der Waals surface area contributed by atoms with E-state index in [2.05, 4.69) is 59.4 Å². The number of hydrogen-bond donors (Lipinski definition) is 1. The van der Waals surface area contributed by atoms with E-state index < -0.39 is 11.1 Å². The topological polar surface area (TPSA) is 101 Å². The van der Waals surface area contributed by atoms with Crippen molar-refractivity contribution in [3.63, 3.8) is 0 Å². The molecular weight excluding hydrogens is 482 g/mol. The number of nitrogens with zero attached hydrogens (tertiary/aromatic N) is 4. The van der Waals surface area contributed by atoms with Crippen LogP contribution in [0.15, 0.2) is 68.8 Å². The average Bonchev–Trinajstić information content (AvgIpc) is 3.61. The van der Waals surface area contributed by atoms with Crippen molar-refractivity contribution in [3.8, 4) is 23.1 Å². The molecule has 0 amide bonds. The highest BCUT2D eigenvalue weighted by atomic mass is 32.1. The highest BCUT2D eigenvalue weighted by Crippen LogP contribution is 2.57. The van der Waals surface area contributed by atoms with Gasteiger partial charge in [-0.1, -0.05) is 0 Å². The summed E-state index contributed by atoms with van der Waals surface area (Å²) in [7, 11) is 0. The Morgan fingerprint density at radius 1 is 1.19 bits per heavy atom. The van der Waals surface area contributed by atoms with Gasteiger partial charge >= 0.3 is 0 Å². The van der Waals surface area contributed by atoms with Crippen LogP contribution in [-0.4, -0.2) is 23.5 Å². The van der Waals surface area contributed by atoms with Gasteiger partial charge in [0.25, 0.3) is 0 Å². The fourth-order valence-corrected chi connectivity index (χ4v) is 6.33. The molecule has 1 unspecified atom stereocenters. The zero-order chi connectivity index (χ0) is 25.4. The maximum atomic E-state index is 9.51. The predicted molar refractivity (Wildman–Crippen MR) is 148 cm³/mol. The van der Waals surface area contributed by atoms with Gasteiger partial charge in [-0.3, -0.25) is 4.98 Å². The number of rotatable bonds is 3. The number of aromatic nitrogens is 1. The average molecular weight is 506 g/mol. The predicted octanol–water partition coefficient (Wildman–Crippen LogP) is 6.79. The number of thiophene rings is 1. The van der Waals surface area contributed by atoms with Crippen molar-refractivity contribution < 1.29 is 9.15 Å². The largest absolute Gasteiger partial charge is 0.459 e. The molecule has 0 saturated heterocycles. The molecule has 1 atom stereocenters. The van der Waals surface area contributed by atoms with E-state index in [1.807, 2.05) is 29.8 Å². The minimum atomic E-state index is -0.968. The smallest absolute Gasteiger partial charge is 0.228 e. The molecule has 0 saturated carbocycles. The van der Waals surface area contributed by atoms with Crippen molar-refractivity contribution >= 4 is 56.5 Å². The zero-order valence-corrected chi connectivity index (χ0v) is 21.2. The van der Waals surface area contributed by atoms with Gasteiger partial charge in [0.2, 0.25) is 5.72 Å². The quantitative estimate of drug-likeness (QED) is 0.271. The Balaban J connectivity index is 1.43. The Hall–Kier alpha value is -4.35.